The Labute approximate surface area is 513 Å². The Hall–Kier alpha value is -4.45. The van der Waals surface area contributed by atoms with E-state index in [1.165, 1.54) is 148 Å². The number of hydrogen-bond acceptors (Lipinski definition) is 6. The van der Waals surface area contributed by atoms with E-state index >= 15 is 0 Å². The fourth-order valence-corrected chi connectivity index (χ4v) is 9.43. The molecule has 0 aromatic carbocycles. The lowest BCUT2D eigenvalue weighted by Gasteiger charge is -2.18. The van der Waals surface area contributed by atoms with E-state index in [0.29, 0.717) is 19.3 Å². The first-order valence-corrected chi connectivity index (χ1v) is 34.7. The molecule has 0 aliphatic rings. The van der Waals surface area contributed by atoms with Crippen molar-refractivity contribution in [3.63, 3.8) is 0 Å². The molecular weight excluding hydrogens is 1020 g/mol. The van der Waals surface area contributed by atoms with Gasteiger partial charge in [-0.15, -0.1) is 0 Å². The number of unbranched alkanes of at least 4 members (excludes halogenated alkanes) is 29. The van der Waals surface area contributed by atoms with Crippen LogP contribution in [0.2, 0.25) is 0 Å². The lowest BCUT2D eigenvalue weighted by atomic mass is 10.1. The fraction of sp³-hybridized carbons (Fsp3) is 0.675. The minimum atomic E-state index is -0.802. The lowest BCUT2D eigenvalue weighted by molar-refractivity contribution is -0.167. The van der Waals surface area contributed by atoms with Gasteiger partial charge in [-0.05, 0) is 141 Å². The zero-order chi connectivity index (χ0) is 59.9. The summed E-state index contributed by atoms with van der Waals surface area (Å²) in [5.41, 5.74) is 0. The van der Waals surface area contributed by atoms with E-state index in [1.54, 1.807) is 0 Å². The first-order valence-electron chi connectivity index (χ1n) is 34.7. The molecule has 83 heavy (non-hydrogen) atoms. The normalized spacial score (nSPS) is 13.0. The van der Waals surface area contributed by atoms with Gasteiger partial charge in [-0.3, -0.25) is 14.4 Å². The largest absolute Gasteiger partial charge is 0.462 e. The van der Waals surface area contributed by atoms with Crippen molar-refractivity contribution in [2.24, 2.45) is 0 Å². The van der Waals surface area contributed by atoms with E-state index in [0.717, 1.165) is 128 Å². The van der Waals surface area contributed by atoms with Gasteiger partial charge in [0.05, 0.1) is 0 Å². The van der Waals surface area contributed by atoms with Crippen molar-refractivity contribution in [3.05, 3.63) is 134 Å². The fourth-order valence-electron chi connectivity index (χ4n) is 9.43. The average Bonchev–Trinajstić information content (AvgIpc) is 3.49. The van der Waals surface area contributed by atoms with E-state index in [4.69, 9.17) is 14.2 Å². The molecule has 0 bridgehead atoms. The molecule has 1 atom stereocenters. The maximum atomic E-state index is 12.9. The summed E-state index contributed by atoms with van der Waals surface area (Å²) in [6.45, 7) is 6.50. The minimum absolute atomic E-state index is 0.0955. The molecular formula is C77H128O6. The predicted molar refractivity (Wildman–Crippen MR) is 362 cm³/mol. The van der Waals surface area contributed by atoms with Gasteiger partial charge in [0, 0.05) is 19.3 Å². The van der Waals surface area contributed by atoms with Crippen LogP contribution in [0.3, 0.4) is 0 Å². The van der Waals surface area contributed by atoms with Gasteiger partial charge in [0.15, 0.2) is 6.10 Å². The van der Waals surface area contributed by atoms with Gasteiger partial charge in [-0.1, -0.05) is 289 Å². The van der Waals surface area contributed by atoms with Crippen LogP contribution in [0.15, 0.2) is 134 Å². The Morgan fingerprint density at radius 2 is 0.470 bits per heavy atom. The van der Waals surface area contributed by atoms with Gasteiger partial charge in [-0.25, -0.2) is 0 Å². The molecule has 1 unspecified atom stereocenters. The van der Waals surface area contributed by atoms with Gasteiger partial charge in [0.25, 0.3) is 0 Å². The smallest absolute Gasteiger partial charge is 0.306 e. The Morgan fingerprint density at radius 1 is 0.253 bits per heavy atom. The summed E-state index contributed by atoms with van der Waals surface area (Å²) in [5, 5.41) is 0. The topological polar surface area (TPSA) is 78.9 Å². The molecule has 0 aliphatic carbocycles. The van der Waals surface area contributed by atoms with E-state index in [1.807, 2.05) is 0 Å². The van der Waals surface area contributed by atoms with Crippen molar-refractivity contribution in [1.29, 1.82) is 0 Å². The zero-order valence-corrected chi connectivity index (χ0v) is 54.2. The zero-order valence-electron chi connectivity index (χ0n) is 54.2. The van der Waals surface area contributed by atoms with Crippen LogP contribution in [0.25, 0.3) is 0 Å². The van der Waals surface area contributed by atoms with Crippen LogP contribution in [0, 0.1) is 0 Å². The molecule has 6 heteroatoms. The number of carbonyl (C=O) groups is 3. The van der Waals surface area contributed by atoms with Gasteiger partial charge >= 0.3 is 17.9 Å². The van der Waals surface area contributed by atoms with Crippen LogP contribution in [-0.4, -0.2) is 37.2 Å². The third kappa shape index (κ3) is 68.2. The van der Waals surface area contributed by atoms with Crippen LogP contribution < -0.4 is 0 Å². The van der Waals surface area contributed by atoms with Gasteiger partial charge in [0.1, 0.15) is 13.2 Å². The van der Waals surface area contributed by atoms with E-state index in [-0.39, 0.29) is 31.1 Å². The highest BCUT2D eigenvalue weighted by Gasteiger charge is 2.19. The van der Waals surface area contributed by atoms with E-state index in [9.17, 15) is 14.4 Å². The Balaban J connectivity index is 4.42. The third-order valence-electron chi connectivity index (χ3n) is 14.6. The van der Waals surface area contributed by atoms with E-state index < -0.39 is 6.10 Å². The van der Waals surface area contributed by atoms with Crippen LogP contribution in [0.5, 0.6) is 0 Å². The molecule has 0 saturated carbocycles. The molecule has 472 valence electrons. The highest BCUT2D eigenvalue weighted by Crippen LogP contribution is 2.15. The first-order chi connectivity index (χ1) is 41.0. The maximum Gasteiger partial charge on any atom is 0.306 e. The molecule has 0 spiro atoms. The number of rotatable bonds is 62. The molecule has 6 nitrogen and oxygen atoms in total. The summed E-state index contributed by atoms with van der Waals surface area (Å²) in [7, 11) is 0. The maximum absolute atomic E-state index is 12.9. The Morgan fingerprint density at radius 3 is 0.759 bits per heavy atom. The van der Waals surface area contributed by atoms with Crippen molar-refractivity contribution in [2.45, 2.75) is 322 Å². The standard InChI is InChI=1S/C77H128O6/c1-4-7-10-13-16-19-22-25-28-30-32-33-34-35-36-37-38-39-40-41-42-43-45-46-49-52-55-58-61-64-67-70-76(79)82-73-74(72-81-75(78)69-66-63-60-57-54-51-48-27-24-21-18-15-12-9-6-3)83-77(80)71-68-65-62-59-56-53-50-47-44-31-29-26-23-20-17-14-11-8-5-2/h7,10,16,19,25-29,32-33,35-36,38-39,41-42,45-46,48,52,55,74H,4-6,8-9,11-15,17-18,20-24,30-31,34,37,40,43-44,47,49-51,53-54,56-73H2,1-3H3/b10-7-,19-16-,28-25-,29-26-,33-32-,36-35-,39-38-,42-41-,46-45-,48-27-,55-52-. The molecule has 0 fully saturated rings. The highest BCUT2D eigenvalue weighted by atomic mass is 16.6. The lowest BCUT2D eigenvalue weighted by Crippen LogP contribution is -2.30. The van der Waals surface area contributed by atoms with Crippen molar-refractivity contribution in [3.8, 4) is 0 Å². The monoisotopic (exact) mass is 1150 g/mol. The Bertz CT molecular complexity index is 1750. The Kier molecular flexibility index (Phi) is 66.3. The highest BCUT2D eigenvalue weighted by molar-refractivity contribution is 5.71. The number of carbonyl (C=O) groups excluding carboxylic acids is 3. The van der Waals surface area contributed by atoms with Crippen molar-refractivity contribution in [2.75, 3.05) is 13.2 Å². The quantitative estimate of drug-likeness (QED) is 0.0261. The van der Waals surface area contributed by atoms with Crippen molar-refractivity contribution < 1.29 is 28.6 Å². The molecule has 0 amide bonds. The summed E-state index contributed by atoms with van der Waals surface area (Å²) >= 11 is 0. The third-order valence-corrected chi connectivity index (χ3v) is 14.6. The minimum Gasteiger partial charge on any atom is -0.462 e. The second-order valence-electron chi connectivity index (χ2n) is 22.7. The van der Waals surface area contributed by atoms with Crippen LogP contribution in [0.4, 0.5) is 0 Å². The molecule has 0 N–H and O–H groups in total. The number of allylic oxidation sites excluding steroid dienone is 22. The first kappa shape index (κ1) is 78.5. The SMILES string of the molecule is CC/C=C\C/C=C\C/C=C\C/C=C\C/C=C\C/C=C\C/C=C\C/C=C\C/C=C\CCCCCC(=O)OCC(COC(=O)CCCCCCC/C=C\CCCCCCCC)OC(=O)CCCCCCCCCCC/C=C\CCCCCCCC. The number of ether oxygens (including phenoxy) is 3. The molecule has 0 aromatic heterocycles. The summed E-state index contributed by atoms with van der Waals surface area (Å²) in [6.07, 6.45) is 98.9. The second kappa shape index (κ2) is 70.0. The van der Waals surface area contributed by atoms with Gasteiger partial charge < -0.3 is 14.2 Å². The summed E-state index contributed by atoms with van der Waals surface area (Å²) in [6, 6.07) is 0. The molecule has 0 heterocycles. The molecule has 0 aromatic rings. The van der Waals surface area contributed by atoms with Crippen LogP contribution in [-0.2, 0) is 28.6 Å². The second-order valence-corrected chi connectivity index (χ2v) is 22.7. The number of esters is 3. The van der Waals surface area contributed by atoms with Gasteiger partial charge in [0.2, 0.25) is 0 Å². The molecule has 0 saturated heterocycles. The van der Waals surface area contributed by atoms with Crippen LogP contribution >= 0.6 is 0 Å². The average molecular weight is 1150 g/mol. The molecule has 0 aliphatic heterocycles. The van der Waals surface area contributed by atoms with Crippen molar-refractivity contribution >= 4 is 17.9 Å². The predicted octanol–water partition coefficient (Wildman–Crippen LogP) is 24.1. The number of hydrogen-bond donors (Lipinski definition) is 0. The summed E-state index contributed by atoms with van der Waals surface area (Å²) < 4.78 is 16.9. The molecule has 0 rings (SSSR count). The van der Waals surface area contributed by atoms with Crippen molar-refractivity contribution in [1.82, 2.24) is 0 Å². The van der Waals surface area contributed by atoms with Crippen LogP contribution in [0.1, 0.15) is 316 Å². The summed E-state index contributed by atoms with van der Waals surface area (Å²) in [5.74, 6) is -0.932. The van der Waals surface area contributed by atoms with E-state index in [2.05, 4.69) is 154 Å². The van der Waals surface area contributed by atoms with Gasteiger partial charge in [-0.2, -0.15) is 0 Å². The summed E-state index contributed by atoms with van der Waals surface area (Å²) in [4.78, 5) is 38.4. The molecule has 0 radical (unpaired) electrons.